The highest BCUT2D eigenvalue weighted by atomic mass is 32.2. The van der Waals surface area contributed by atoms with Crippen LogP contribution in [0, 0.1) is 5.82 Å². The lowest BCUT2D eigenvalue weighted by molar-refractivity contribution is 0.595. The fourth-order valence-electron chi connectivity index (χ4n) is 3.24. The first-order chi connectivity index (χ1) is 14.0. The summed E-state index contributed by atoms with van der Waals surface area (Å²) in [5.41, 5.74) is 1.03. The summed E-state index contributed by atoms with van der Waals surface area (Å²) in [6.07, 6.45) is 4.34. The molecule has 0 amide bonds. The van der Waals surface area contributed by atoms with E-state index in [-0.39, 0.29) is 21.0 Å². The molecule has 0 atom stereocenters. The van der Waals surface area contributed by atoms with Crippen molar-refractivity contribution in [3.05, 3.63) is 78.6 Å². The van der Waals surface area contributed by atoms with Crippen LogP contribution in [0.3, 0.4) is 0 Å². The molecule has 0 radical (unpaired) electrons. The van der Waals surface area contributed by atoms with Gasteiger partial charge in [-0.3, -0.25) is 14.6 Å². The number of pyridine rings is 1. The molecule has 0 aliphatic carbocycles. The van der Waals surface area contributed by atoms with Crippen LogP contribution < -0.4 is 5.32 Å². The zero-order valence-electron chi connectivity index (χ0n) is 15.5. The number of sulfone groups is 1. The van der Waals surface area contributed by atoms with Gasteiger partial charge in [0, 0.05) is 36.3 Å². The Balaban J connectivity index is 2.09. The van der Waals surface area contributed by atoms with Crippen LogP contribution in [0.15, 0.2) is 76.9 Å². The summed E-state index contributed by atoms with van der Waals surface area (Å²) in [5, 5.41) is 9.84. The molecule has 0 fully saturated rings. The van der Waals surface area contributed by atoms with E-state index in [2.05, 4.69) is 20.5 Å². The second-order valence-corrected chi connectivity index (χ2v) is 8.25. The lowest BCUT2D eigenvalue weighted by Crippen LogP contribution is -2.11. The Morgan fingerprint density at radius 2 is 1.97 bits per heavy atom. The molecule has 29 heavy (non-hydrogen) atoms. The van der Waals surface area contributed by atoms with Crippen LogP contribution >= 0.6 is 0 Å². The molecule has 4 rings (SSSR count). The topological polar surface area (TPSA) is 92.7 Å². The van der Waals surface area contributed by atoms with Gasteiger partial charge in [-0.15, -0.1) is 0 Å². The molecule has 2 N–H and O–H groups in total. The maximum atomic E-state index is 14.8. The Hall–Kier alpha value is -3.30. The van der Waals surface area contributed by atoms with Crippen molar-refractivity contribution in [2.75, 3.05) is 7.05 Å². The molecule has 0 saturated carbocycles. The van der Waals surface area contributed by atoms with Crippen LogP contribution in [0.4, 0.5) is 4.39 Å². The van der Waals surface area contributed by atoms with Gasteiger partial charge in [0.15, 0.2) is 0 Å². The molecule has 0 spiro atoms. The van der Waals surface area contributed by atoms with Crippen molar-refractivity contribution in [2.45, 2.75) is 16.3 Å². The van der Waals surface area contributed by atoms with Crippen LogP contribution in [-0.2, 0) is 16.4 Å². The molecule has 3 aromatic heterocycles. The molecule has 0 aliphatic rings. The molecule has 0 saturated heterocycles. The number of nitrogens with zero attached hydrogens (tertiary/aromatic N) is 3. The first-order valence-electron chi connectivity index (χ1n) is 8.83. The van der Waals surface area contributed by atoms with Gasteiger partial charge in [-0.05, 0) is 37.4 Å². The Labute approximate surface area is 167 Å². The quantitative estimate of drug-likeness (QED) is 0.509. The van der Waals surface area contributed by atoms with E-state index in [9.17, 15) is 12.8 Å². The third kappa shape index (κ3) is 3.34. The van der Waals surface area contributed by atoms with Crippen molar-refractivity contribution in [3.8, 4) is 17.1 Å². The average Bonchev–Trinajstić information content (AvgIpc) is 3.37. The monoisotopic (exact) mass is 411 g/mol. The van der Waals surface area contributed by atoms with Gasteiger partial charge < -0.3 is 5.32 Å². The predicted molar refractivity (Wildman–Crippen MR) is 106 cm³/mol. The minimum Gasteiger partial charge on any atom is -0.314 e. The standard InChI is InChI=1S/C20H18FN5O2S/c1-22-12-14-11-18(29(27,28)15-5-4-9-23-13-15)20(16-6-2-3-7-17(16)21)26(14)19-8-10-24-25-19/h2-11,13,22H,12H2,1H3,(H,24,25). The molecular weight excluding hydrogens is 393 g/mol. The normalized spacial score (nSPS) is 11.7. The molecular formula is C20H18FN5O2S. The number of hydrogen-bond acceptors (Lipinski definition) is 5. The summed E-state index contributed by atoms with van der Waals surface area (Å²) in [4.78, 5) is 3.96. The number of halogens is 1. The number of aromatic amines is 1. The SMILES string of the molecule is CNCc1cc(S(=O)(=O)c2cccnc2)c(-c2ccccc2F)n1-c1ccn[nH]1. The first-order valence-corrected chi connectivity index (χ1v) is 10.3. The van der Waals surface area contributed by atoms with Crippen LogP contribution in [0.1, 0.15) is 5.69 Å². The second-order valence-electron chi connectivity index (χ2n) is 6.33. The highest BCUT2D eigenvalue weighted by Gasteiger charge is 2.30. The fourth-order valence-corrected chi connectivity index (χ4v) is 4.70. The number of nitrogens with one attached hydrogen (secondary N) is 2. The third-order valence-corrected chi connectivity index (χ3v) is 6.24. The van der Waals surface area contributed by atoms with E-state index in [0.717, 1.165) is 0 Å². The van der Waals surface area contributed by atoms with E-state index in [4.69, 9.17) is 0 Å². The van der Waals surface area contributed by atoms with Gasteiger partial charge in [-0.2, -0.15) is 5.10 Å². The summed E-state index contributed by atoms with van der Waals surface area (Å²) in [7, 11) is -2.21. The fraction of sp³-hybridized carbons (Fsp3) is 0.100. The largest absolute Gasteiger partial charge is 0.314 e. The Kier molecular flexibility index (Phi) is 4.99. The Morgan fingerprint density at radius 3 is 2.62 bits per heavy atom. The lowest BCUT2D eigenvalue weighted by atomic mass is 10.1. The van der Waals surface area contributed by atoms with Gasteiger partial charge in [0.05, 0.1) is 21.7 Å². The molecule has 4 aromatic rings. The van der Waals surface area contributed by atoms with Crippen LogP contribution in [0.2, 0.25) is 0 Å². The Morgan fingerprint density at radius 1 is 1.14 bits per heavy atom. The molecule has 9 heteroatoms. The minimum atomic E-state index is -3.96. The van der Waals surface area contributed by atoms with Gasteiger partial charge in [0.1, 0.15) is 11.6 Å². The maximum absolute atomic E-state index is 14.8. The molecule has 7 nitrogen and oxygen atoms in total. The number of rotatable bonds is 6. The molecule has 1 aromatic carbocycles. The van der Waals surface area contributed by atoms with E-state index in [1.807, 2.05) is 0 Å². The summed E-state index contributed by atoms with van der Waals surface area (Å²) in [5.74, 6) is 0.00569. The minimum absolute atomic E-state index is 0.00421. The van der Waals surface area contributed by atoms with Gasteiger partial charge in [-0.25, -0.2) is 12.8 Å². The van der Waals surface area contributed by atoms with Crippen molar-refractivity contribution in [3.63, 3.8) is 0 Å². The predicted octanol–water partition coefficient (Wildman–Crippen LogP) is 2.95. The van der Waals surface area contributed by atoms with Crippen LogP contribution in [0.25, 0.3) is 17.1 Å². The number of benzene rings is 1. The number of hydrogen-bond donors (Lipinski definition) is 2. The second kappa shape index (κ2) is 7.61. The average molecular weight is 411 g/mol. The van der Waals surface area contributed by atoms with Crippen LogP contribution in [0.5, 0.6) is 0 Å². The van der Waals surface area contributed by atoms with E-state index in [1.165, 1.54) is 24.5 Å². The van der Waals surface area contributed by atoms with Gasteiger partial charge in [0.25, 0.3) is 0 Å². The van der Waals surface area contributed by atoms with Crippen molar-refractivity contribution in [2.24, 2.45) is 0 Å². The van der Waals surface area contributed by atoms with Crippen LogP contribution in [-0.4, -0.2) is 35.2 Å². The van der Waals surface area contributed by atoms with E-state index in [1.54, 1.807) is 54.2 Å². The summed E-state index contributed by atoms with van der Waals surface area (Å²) in [6, 6.07) is 12.4. The van der Waals surface area contributed by atoms with Crippen molar-refractivity contribution >= 4 is 9.84 Å². The van der Waals surface area contributed by atoms with Gasteiger partial charge >= 0.3 is 0 Å². The number of H-pyrrole nitrogens is 1. The summed E-state index contributed by atoms with van der Waals surface area (Å²) >= 11 is 0. The molecule has 0 unspecified atom stereocenters. The van der Waals surface area contributed by atoms with Crippen molar-refractivity contribution in [1.82, 2.24) is 25.1 Å². The lowest BCUT2D eigenvalue weighted by Gasteiger charge is -2.14. The zero-order valence-corrected chi connectivity index (χ0v) is 16.3. The molecule has 0 aliphatic heterocycles. The number of aromatic nitrogens is 4. The maximum Gasteiger partial charge on any atom is 0.210 e. The van der Waals surface area contributed by atoms with E-state index >= 15 is 0 Å². The van der Waals surface area contributed by atoms with E-state index in [0.29, 0.717) is 18.1 Å². The third-order valence-electron chi connectivity index (χ3n) is 4.49. The molecule has 3 heterocycles. The Bertz CT molecular complexity index is 1240. The van der Waals surface area contributed by atoms with Crippen molar-refractivity contribution in [1.29, 1.82) is 0 Å². The first kappa shape index (κ1) is 19.0. The van der Waals surface area contributed by atoms with Gasteiger partial charge in [0.2, 0.25) is 9.84 Å². The zero-order chi connectivity index (χ0) is 20.4. The van der Waals surface area contributed by atoms with E-state index < -0.39 is 15.7 Å². The summed E-state index contributed by atoms with van der Waals surface area (Å²) < 4.78 is 43.4. The highest BCUT2D eigenvalue weighted by Crippen LogP contribution is 2.37. The van der Waals surface area contributed by atoms with Gasteiger partial charge in [-0.1, -0.05) is 12.1 Å². The molecule has 148 valence electrons. The highest BCUT2D eigenvalue weighted by molar-refractivity contribution is 7.91. The molecule has 0 bridgehead atoms. The van der Waals surface area contributed by atoms with Crippen molar-refractivity contribution < 1.29 is 12.8 Å². The summed E-state index contributed by atoms with van der Waals surface area (Å²) in [6.45, 7) is 0.364. The smallest absolute Gasteiger partial charge is 0.210 e.